The molecule has 0 aromatic rings. The average Bonchev–Trinajstić information content (AvgIpc) is 3.17. The quantitative estimate of drug-likeness (QED) is 0.0250. The van der Waals surface area contributed by atoms with E-state index in [0.29, 0.717) is 6.61 Å². The summed E-state index contributed by atoms with van der Waals surface area (Å²) in [5.41, 5.74) is 0. The molecule has 0 aromatic heterocycles. The predicted octanol–water partition coefficient (Wildman–Crippen LogP) is 9.48. The van der Waals surface area contributed by atoms with Crippen molar-refractivity contribution in [3.8, 4) is 0 Å². The maximum atomic E-state index is 7.58. The smallest absolute Gasteiger partial charge is 0.417 e. The molecule has 0 saturated heterocycles. The minimum Gasteiger partial charge on any atom is -0.417 e. The molecule has 344 valence electrons. The van der Waals surface area contributed by atoms with Crippen molar-refractivity contribution in [2.45, 2.75) is 159 Å². The van der Waals surface area contributed by atoms with Crippen LogP contribution in [0.15, 0.2) is 0 Å². The summed E-state index contributed by atoms with van der Waals surface area (Å²) in [7, 11) is -1.81. The van der Waals surface area contributed by atoms with Crippen LogP contribution in [0.3, 0.4) is 0 Å². The van der Waals surface area contributed by atoms with Crippen molar-refractivity contribution in [2.24, 2.45) is 0 Å². The first kappa shape index (κ1) is 58.0. The van der Waals surface area contributed by atoms with E-state index in [1.165, 1.54) is 38.5 Å². The Bertz CT molecular complexity index is 868. The molecule has 0 unspecified atom stereocenters. The predicted molar refractivity (Wildman–Crippen MR) is 244 cm³/mol. The second-order valence-electron chi connectivity index (χ2n) is 16.6. The van der Waals surface area contributed by atoms with Crippen molar-refractivity contribution in [2.75, 3.05) is 77.7 Å². The number of hydrogen-bond donors (Lipinski definition) is 0. The van der Waals surface area contributed by atoms with Gasteiger partial charge in [-0.3, -0.25) is 0 Å². The Morgan fingerprint density at radius 3 is 0.772 bits per heavy atom. The van der Waals surface area contributed by atoms with Crippen LogP contribution in [0, 0.1) is 0 Å². The highest BCUT2D eigenvalue weighted by Crippen LogP contribution is 2.36. The summed E-state index contributed by atoms with van der Waals surface area (Å²) in [6, 6.07) is 5.71. The van der Waals surface area contributed by atoms with Gasteiger partial charge in [-0.25, -0.2) is 9.78 Å². The lowest BCUT2D eigenvalue weighted by Crippen LogP contribution is -2.62. The van der Waals surface area contributed by atoms with Gasteiger partial charge < -0.3 is 52.2 Å². The summed E-state index contributed by atoms with van der Waals surface area (Å²) in [4.78, 5) is 9.70. The molecule has 0 N–H and O–H groups in total. The van der Waals surface area contributed by atoms with Crippen LogP contribution in [-0.4, -0.2) is 138 Å². The van der Waals surface area contributed by atoms with Gasteiger partial charge in [-0.05, 0) is 89.5 Å². The van der Waals surface area contributed by atoms with Gasteiger partial charge in [0, 0.05) is 88.2 Å². The van der Waals surface area contributed by atoms with Crippen molar-refractivity contribution < 1.29 is 62.0 Å². The molecule has 0 aliphatic heterocycles. The van der Waals surface area contributed by atoms with Gasteiger partial charge in [0.1, 0.15) is 0 Å². The first-order chi connectivity index (χ1) is 26.8. The van der Waals surface area contributed by atoms with E-state index >= 15 is 0 Å². The second kappa shape index (κ2) is 30.1. The highest BCUT2D eigenvalue weighted by atomic mass is 28.5. The fourth-order valence-electron chi connectivity index (χ4n) is 7.32. The fraction of sp³-hybridized carbons (Fsp3) is 1.00. The van der Waals surface area contributed by atoms with E-state index in [-0.39, 0.29) is 0 Å². The summed E-state index contributed by atoms with van der Waals surface area (Å²) in [6.45, 7) is 14.5. The van der Waals surface area contributed by atoms with Crippen molar-refractivity contribution in [1.82, 2.24) is 0 Å². The Balaban J connectivity index is 6.44. The van der Waals surface area contributed by atoms with Gasteiger partial charge in [0.25, 0.3) is 0 Å². The molecule has 0 amide bonds. The van der Waals surface area contributed by atoms with Crippen LogP contribution in [0.2, 0.25) is 81.6 Å². The van der Waals surface area contributed by atoms with Gasteiger partial charge in [0.05, 0.1) is 13.7 Å². The van der Waals surface area contributed by atoms with E-state index in [1.807, 2.05) is 0 Å². The van der Waals surface area contributed by atoms with Crippen LogP contribution in [0.1, 0.15) is 77.0 Å². The third-order valence-corrected chi connectivity index (χ3v) is 35.2. The second-order valence-corrected chi connectivity index (χ2v) is 42.3. The maximum Gasteiger partial charge on any atom is 0.500 e. The molecule has 0 rings (SSSR count). The Morgan fingerprint density at radius 2 is 0.509 bits per heavy atom. The molecule has 0 radical (unpaired) electrons. The molecule has 21 heteroatoms. The van der Waals surface area contributed by atoms with Crippen LogP contribution in [-0.2, 0) is 62.0 Å². The average molecular weight is 942 g/mol. The summed E-state index contributed by atoms with van der Waals surface area (Å²) in [5.74, 6) is 0. The Kier molecular flexibility index (Phi) is 30.6. The van der Waals surface area contributed by atoms with E-state index in [2.05, 4.69) is 39.3 Å². The molecular weight excluding hydrogens is 853 g/mol. The van der Waals surface area contributed by atoms with Crippen molar-refractivity contribution >= 4 is 60.2 Å². The normalized spacial score (nSPS) is 13.9. The summed E-state index contributed by atoms with van der Waals surface area (Å²) < 4.78 is 74.6. The summed E-state index contributed by atoms with van der Waals surface area (Å²) in [5, 5.41) is 0. The van der Waals surface area contributed by atoms with E-state index in [4.69, 9.17) is 62.0 Å². The molecule has 0 atom stereocenters. The van der Waals surface area contributed by atoms with Gasteiger partial charge in [-0.15, -0.1) is 0 Å². The molecule has 0 fully saturated rings. The zero-order valence-corrected chi connectivity index (χ0v) is 46.4. The van der Waals surface area contributed by atoms with E-state index < -0.39 is 60.2 Å². The standard InChI is InChI=1S/C36H88O14Si7/c1-37-47-29-24-22-20-18-17-19-21-23-25-33-57(48-51(11,12)30-26-34-54(38-2,39-3)40-4,49-52(13,14)31-27-35-55(41-5,42-6)43-7)50-53(15,16)32-28-36-56(44-8,45-9)46-10/h17-36H2,1-16H3. The van der Waals surface area contributed by atoms with E-state index in [1.54, 1.807) is 71.1 Å². The van der Waals surface area contributed by atoms with Crippen molar-refractivity contribution in [3.05, 3.63) is 0 Å². The molecule has 0 spiro atoms. The summed E-state index contributed by atoms with van der Waals surface area (Å²) >= 11 is 0. The third-order valence-electron chi connectivity index (χ3n) is 10.7. The molecule has 0 heterocycles. The summed E-state index contributed by atoms with van der Waals surface area (Å²) in [6.07, 6.45) is 13.1. The fourth-order valence-corrected chi connectivity index (χ4v) is 31.5. The largest absolute Gasteiger partial charge is 0.500 e. The van der Waals surface area contributed by atoms with Crippen molar-refractivity contribution in [1.29, 1.82) is 0 Å². The molecule has 0 bridgehead atoms. The maximum absolute atomic E-state index is 7.58. The third kappa shape index (κ3) is 23.8. The zero-order valence-electron chi connectivity index (χ0n) is 39.4. The van der Waals surface area contributed by atoms with Crippen molar-refractivity contribution in [3.63, 3.8) is 0 Å². The van der Waals surface area contributed by atoms with Gasteiger partial charge in [-0.2, -0.15) is 0 Å². The van der Waals surface area contributed by atoms with Gasteiger partial charge >= 0.3 is 35.2 Å². The lowest BCUT2D eigenvalue weighted by Gasteiger charge is -2.45. The Labute approximate surface area is 357 Å². The van der Waals surface area contributed by atoms with Crippen LogP contribution >= 0.6 is 0 Å². The van der Waals surface area contributed by atoms with Gasteiger partial charge in [0.15, 0.2) is 25.0 Å². The van der Waals surface area contributed by atoms with Crippen LogP contribution in [0.25, 0.3) is 0 Å². The number of unbranched alkanes of at least 4 members (excludes halogenated alkanes) is 8. The minimum absolute atomic E-state index is 0.662. The SMILES string of the molecule is COOCCCCCCCCCCC[Si](O[Si](C)(C)CCC[Si](OC)(OC)OC)(O[Si](C)(C)CCC[Si](OC)(OC)OC)O[Si](C)(C)CCC[Si](OC)(OC)OC. The zero-order chi connectivity index (χ0) is 43.5. The first-order valence-electron chi connectivity index (χ1n) is 21.1. The van der Waals surface area contributed by atoms with Gasteiger partial charge in [0.2, 0.25) is 0 Å². The minimum atomic E-state index is -3.25. The monoisotopic (exact) mass is 940 g/mol. The van der Waals surface area contributed by atoms with Crippen LogP contribution in [0.4, 0.5) is 0 Å². The number of hydrogen-bond acceptors (Lipinski definition) is 14. The van der Waals surface area contributed by atoms with E-state index in [9.17, 15) is 0 Å². The van der Waals surface area contributed by atoms with Gasteiger partial charge in [-0.1, -0.05) is 44.9 Å². The van der Waals surface area contributed by atoms with Crippen LogP contribution < -0.4 is 0 Å². The molecule has 14 nitrogen and oxygen atoms in total. The highest BCUT2D eigenvalue weighted by molar-refractivity contribution is 6.90. The first-order valence-corrected chi connectivity index (χ1v) is 38.1. The molecule has 57 heavy (non-hydrogen) atoms. The number of rotatable bonds is 40. The molecular formula is C36H88O14Si7. The Morgan fingerprint density at radius 1 is 0.263 bits per heavy atom. The molecule has 0 aromatic carbocycles. The topological polar surface area (TPSA) is 129 Å². The molecule has 0 aliphatic rings. The lowest BCUT2D eigenvalue weighted by molar-refractivity contribution is -0.272. The lowest BCUT2D eigenvalue weighted by atomic mass is 10.1. The highest BCUT2D eigenvalue weighted by Gasteiger charge is 2.53. The molecule has 0 saturated carbocycles. The molecule has 0 aliphatic carbocycles. The van der Waals surface area contributed by atoms with E-state index in [0.717, 1.165) is 80.8 Å². The Hall–Kier alpha value is 0.958. The van der Waals surface area contributed by atoms with Crippen LogP contribution in [0.5, 0.6) is 0 Å².